The number of nitrogens with two attached hydrogens (primary N) is 1. The molecule has 3 heteroatoms. The van der Waals surface area contributed by atoms with Gasteiger partial charge in [-0.25, -0.2) is 0 Å². The van der Waals surface area contributed by atoms with Crippen molar-refractivity contribution < 1.29 is 0 Å². The summed E-state index contributed by atoms with van der Waals surface area (Å²) in [5.74, 6) is 0.881. The summed E-state index contributed by atoms with van der Waals surface area (Å²) < 4.78 is 2.17. The van der Waals surface area contributed by atoms with Gasteiger partial charge >= 0.3 is 0 Å². The molecule has 0 spiro atoms. The predicted octanol–water partition coefficient (Wildman–Crippen LogP) is 1.80. The third-order valence-corrected chi connectivity index (χ3v) is 3.19. The van der Waals surface area contributed by atoms with Gasteiger partial charge in [-0.15, -0.1) is 0 Å². The quantitative estimate of drug-likeness (QED) is 0.818. The van der Waals surface area contributed by atoms with Crippen molar-refractivity contribution in [2.24, 2.45) is 11.7 Å². The molecule has 1 aliphatic carbocycles. The monoisotopic (exact) mass is 207 g/mol. The van der Waals surface area contributed by atoms with Gasteiger partial charge in [0.15, 0.2) is 0 Å². The lowest BCUT2D eigenvalue weighted by Crippen LogP contribution is -2.18. The lowest BCUT2D eigenvalue weighted by molar-refractivity contribution is 0.546. The third-order valence-electron chi connectivity index (χ3n) is 3.19. The van der Waals surface area contributed by atoms with E-state index >= 15 is 0 Å². The van der Waals surface area contributed by atoms with E-state index in [0.717, 1.165) is 24.6 Å². The Hall–Kier alpha value is -0.830. The fourth-order valence-corrected chi connectivity index (χ4v) is 2.07. The summed E-state index contributed by atoms with van der Waals surface area (Å²) >= 11 is 0. The van der Waals surface area contributed by atoms with Crippen LogP contribution in [0.4, 0.5) is 0 Å². The van der Waals surface area contributed by atoms with E-state index in [0.29, 0.717) is 0 Å². The Labute approximate surface area is 91.7 Å². The molecular formula is C12H21N3. The first-order chi connectivity index (χ1) is 7.08. The van der Waals surface area contributed by atoms with Crippen LogP contribution in [-0.4, -0.2) is 15.8 Å². The molecule has 0 aliphatic heterocycles. The van der Waals surface area contributed by atoms with Crippen LogP contribution in [0.2, 0.25) is 0 Å². The highest BCUT2D eigenvalue weighted by atomic mass is 15.3. The summed E-state index contributed by atoms with van der Waals surface area (Å²) in [6.07, 6.45) is 3.70. The van der Waals surface area contributed by atoms with Gasteiger partial charge in [0, 0.05) is 18.3 Å². The maximum atomic E-state index is 5.85. The van der Waals surface area contributed by atoms with E-state index < -0.39 is 0 Å². The van der Waals surface area contributed by atoms with E-state index in [4.69, 9.17) is 5.73 Å². The zero-order valence-corrected chi connectivity index (χ0v) is 9.95. The van der Waals surface area contributed by atoms with E-state index in [9.17, 15) is 0 Å². The van der Waals surface area contributed by atoms with Crippen molar-refractivity contribution in [3.05, 3.63) is 17.0 Å². The summed E-state index contributed by atoms with van der Waals surface area (Å²) in [4.78, 5) is 0. The molecule has 1 atom stereocenters. The Balaban J connectivity index is 2.17. The lowest BCUT2D eigenvalue weighted by atomic mass is 10.1. The number of nitrogens with zero attached hydrogens (tertiary/aromatic N) is 2. The molecule has 1 aromatic rings. The zero-order valence-electron chi connectivity index (χ0n) is 9.95. The zero-order chi connectivity index (χ0) is 11.0. The molecule has 2 rings (SSSR count). The molecule has 1 saturated carbocycles. The molecule has 0 amide bonds. The van der Waals surface area contributed by atoms with Crippen molar-refractivity contribution in [1.29, 1.82) is 0 Å². The molecule has 0 aromatic carbocycles. The Bertz CT molecular complexity index is 348. The second kappa shape index (κ2) is 3.97. The van der Waals surface area contributed by atoms with Crippen molar-refractivity contribution in [3.63, 3.8) is 0 Å². The summed E-state index contributed by atoms with van der Waals surface area (Å²) in [6.45, 7) is 7.41. The first kappa shape index (κ1) is 10.7. The SMILES string of the molecule is Cc1nn(CC2CC2)c(C)c1CC(C)N. The molecule has 0 bridgehead atoms. The molecule has 1 unspecified atom stereocenters. The summed E-state index contributed by atoms with van der Waals surface area (Å²) in [5, 5.41) is 4.60. The topological polar surface area (TPSA) is 43.8 Å². The number of hydrogen-bond acceptors (Lipinski definition) is 2. The molecule has 0 radical (unpaired) electrons. The van der Waals surface area contributed by atoms with E-state index in [-0.39, 0.29) is 6.04 Å². The van der Waals surface area contributed by atoms with Crippen molar-refractivity contribution in [2.45, 2.75) is 52.6 Å². The van der Waals surface area contributed by atoms with Crippen LogP contribution in [0, 0.1) is 19.8 Å². The van der Waals surface area contributed by atoms with Crippen LogP contribution in [0.25, 0.3) is 0 Å². The van der Waals surface area contributed by atoms with Crippen molar-refractivity contribution in [2.75, 3.05) is 0 Å². The maximum Gasteiger partial charge on any atom is 0.0629 e. The number of hydrogen-bond donors (Lipinski definition) is 1. The first-order valence-corrected chi connectivity index (χ1v) is 5.86. The summed E-state index contributed by atoms with van der Waals surface area (Å²) in [6, 6.07) is 0.223. The van der Waals surface area contributed by atoms with Gasteiger partial charge in [0.2, 0.25) is 0 Å². The van der Waals surface area contributed by atoms with Gasteiger partial charge in [0.05, 0.1) is 5.69 Å². The molecular weight excluding hydrogens is 186 g/mol. The average molecular weight is 207 g/mol. The highest BCUT2D eigenvalue weighted by Crippen LogP contribution is 2.31. The van der Waals surface area contributed by atoms with Gasteiger partial charge < -0.3 is 5.73 Å². The molecule has 1 heterocycles. The highest BCUT2D eigenvalue weighted by Gasteiger charge is 2.24. The largest absolute Gasteiger partial charge is 0.328 e. The fourth-order valence-electron chi connectivity index (χ4n) is 2.07. The van der Waals surface area contributed by atoms with Gasteiger partial charge in [0.25, 0.3) is 0 Å². The second-order valence-electron chi connectivity index (χ2n) is 4.96. The molecule has 1 fully saturated rings. The average Bonchev–Trinajstić information content (AvgIpc) is 2.91. The standard InChI is InChI=1S/C12H21N3/c1-8(13)6-12-9(2)14-15(10(12)3)7-11-4-5-11/h8,11H,4-7,13H2,1-3H3. The second-order valence-corrected chi connectivity index (χ2v) is 4.96. The predicted molar refractivity (Wildman–Crippen MR) is 61.8 cm³/mol. The van der Waals surface area contributed by atoms with Crippen LogP contribution in [0.15, 0.2) is 0 Å². The maximum absolute atomic E-state index is 5.85. The third kappa shape index (κ3) is 2.40. The van der Waals surface area contributed by atoms with Crippen LogP contribution < -0.4 is 5.73 Å². The Morgan fingerprint density at radius 1 is 1.47 bits per heavy atom. The van der Waals surface area contributed by atoms with Crippen molar-refractivity contribution >= 4 is 0 Å². The first-order valence-electron chi connectivity index (χ1n) is 5.86. The summed E-state index contributed by atoms with van der Waals surface area (Å²) in [7, 11) is 0. The lowest BCUT2D eigenvalue weighted by Gasteiger charge is -2.06. The molecule has 1 aromatic heterocycles. The Morgan fingerprint density at radius 2 is 2.13 bits per heavy atom. The number of rotatable bonds is 4. The fraction of sp³-hybridized carbons (Fsp3) is 0.750. The minimum atomic E-state index is 0.223. The molecule has 0 saturated heterocycles. The normalized spacial score (nSPS) is 18.1. The van der Waals surface area contributed by atoms with E-state index in [1.54, 1.807) is 0 Å². The molecule has 84 valence electrons. The van der Waals surface area contributed by atoms with E-state index in [2.05, 4.69) is 30.6 Å². The van der Waals surface area contributed by atoms with Gasteiger partial charge in [0.1, 0.15) is 0 Å². The van der Waals surface area contributed by atoms with E-state index in [1.807, 2.05) is 0 Å². The van der Waals surface area contributed by atoms with Crippen molar-refractivity contribution in [3.8, 4) is 0 Å². The number of aryl methyl sites for hydroxylation is 1. The minimum Gasteiger partial charge on any atom is -0.328 e. The van der Waals surface area contributed by atoms with Gasteiger partial charge in [-0.2, -0.15) is 5.10 Å². The van der Waals surface area contributed by atoms with Crippen LogP contribution in [0.1, 0.15) is 36.7 Å². The van der Waals surface area contributed by atoms with Crippen molar-refractivity contribution in [1.82, 2.24) is 9.78 Å². The Kier molecular flexibility index (Phi) is 2.83. The number of aromatic nitrogens is 2. The van der Waals surface area contributed by atoms with E-state index in [1.165, 1.54) is 24.1 Å². The smallest absolute Gasteiger partial charge is 0.0629 e. The summed E-state index contributed by atoms with van der Waals surface area (Å²) in [5.41, 5.74) is 9.67. The van der Waals surface area contributed by atoms with Crippen LogP contribution in [0.5, 0.6) is 0 Å². The van der Waals surface area contributed by atoms with Crippen LogP contribution >= 0.6 is 0 Å². The molecule has 15 heavy (non-hydrogen) atoms. The Morgan fingerprint density at radius 3 is 2.67 bits per heavy atom. The van der Waals surface area contributed by atoms with Crippen LogP contribution in [-0.2, 0) is 13.0 Å². The molecule has 1 aliphatic rings. The molecule has 2 N–H and O–H groups in total. The van der Waals surface area contributed by atoms with Gasteiger partial charge in [-0.3, -0.25) is 4.68 Å². The highest BCUT2D eigenvalue weighted by molar-refractivity contribution is 5.25. The van der Waals surface area contributed by atoms with Gasteiger partial charge in [-0.1, -0.05) is 0 Å². The minimum absolute atomic E-state index is 0.223. The van der Waals surface area contributed by atoms with Gasteiger partial charge in [-0.05, 0) is 51.5 Å². The van der Waals surface area contributed by atoms with Crippen LogP contribution in [0.3, 0.4) is 0 Å². The molecule has 3 nitrogen and oxygen atoms in total.